The molecular formula is C20H26N4O4S. The molecule has 2 aromatic rings. The summed E-state index contributed by atoms with van der Waals surface area (Å²) in [6, 6.07) is 1.13. The maximum Gasteiger partial charge on any atom is 0.329 e. The average Bonchev–Trinajstić information content (AvgIpc) is 2.64. The Morgan fingerprint density at radius 2 is 1.76 bits per heavy atom. The van der Waals surface area contributed by atoms with Crippen molar-refractivity contribution in [3.8, 4) is 0 Å². The van der Waals surface area contributed by atoms with E-state index < -0.39 is 21.3 Å². The fourth-order valence-corrected chi connectivity index (χ4v) is 7.81. The van der Waals surface area contributed by atoms with E-state index in [2.05, 4.69) is 14.7 Å². The van der Waals surface area contributed by atoms with E-state index in [0.29, 0.717) is 0 Å². The van der Waals surface area contributed by atoms with Crippen LogP contribution in [0.25, 0.3) is 11.0 Å². The number of aromatic amines is 1. The van der Waals surface area contributed by atoms with Crippen LogP contribution in [-0.2, 0) is 17.1 Å². The smallest absolute Gasteiger partial charge is 0.281 e. The SMILES string of the molecule is CC(NS(=O)(=O)c1cnc2c(c1)c(=O)[nH]c(=O)n2C)C12CC3CC(CC(C3)C1)C2. The van der Waals surface area contributed by atoms with E-state index in [9.17, 15) is 18.0 Å². The molecule has 0 aliphatic heterocycles. The van der Waals surface area contributed by atoms with E-state index in [1.807, 2.05) is 6.92 Å². The molecular weight excluding hydrogens is 392 g/mol. The van der Waals surface area contributed by atoms with Crippen molar-refractivity contribution in [3.63, 3.8) is 0 Å². The van der Waals surface area contributed by atoms with Crippen molar-refractivity contribution in [2.24, 2.45) is 30.2 Å². The Labute approximate surface area is 168 Å². The Morgan fingerprint density at radius 1 is 1.17 bits per heavy atom. The first-order chi connectivity index (χ1) is 13.7. The zero-order chi connectivity index (χ0) is 20.6. The number of nitrogens with zero attached hydrogens (tertiary/aromatic N) is 2. The molecule has 4 bridgehead atoms. The normalized spacial score (nSPS) is 32.0. The molecule has 4 aliphatic rings. The second-order valence-corrected chi connectivity index (χ2v) is 11.2. The molecule has 0 amide bonds. The summed E-state index contributed by atoms with van der Waals surface area (Å²) < 4.78 is 30.3. The van der Waals surface area contributed by atoms with Crippen LogP contribution in [0.15, 0.2) is 26.7 Å². The number of aryl methyl sites for hydroxylation is 1. The van der Waals surface area contributed by atoms with Crippen LogP contribution < -0.4 is 16.0 Å². The van der Waals surface area contributed by atoms with Crippen LogP contribution in [0, 0.1) is 23.2 Å². The maximum absolute atomic E-state index is 13.1. The predicted octanol–water partition coefficient (Wildman–Crippen LogP) is 1.50. The number of hydrogen-bond acceptors (Lipinski definition) is 5. The molecule has 2 heterocycles. The highest BCUT2D eigenvalue weighted by Crippen LogP contribution is 2.61. The first kappa shape index (κ1) is 19.0. The third kappa shape index (κ3) is 2.97. The Bertz CT molecular complexity index is 1180. The summed E-state index contributed by atoms with van der Waals surface area (Å²) in [5.74, 6) is 2.20. The summed E-state index contributed by atoms with van der Waals surface area (Å²) in [7, 11) is -2.36. The van der Waals surface area contributed by atoms with Gasteiger partial charge in [-0.2, -0.15) is 0 Å². The van der Waals surface area contributed by atoms with E-state index in [0.717, 1.165) is 37.0 Å². The largest absolute Gasteiger partial charge is 0.329 e. The van der Waals surface area contributed by atoms with Crippen molar-refractivity contribution in [1.29, 1.82) is 0 Å². The molecule has 1 atom stereocenters. The van der Waals surface area contributed by atoms with Crippen molar-refractivity contribution in [1.82, 2.24) is 19.3 Å². The minimum atomic E-state index is -3.84. The number of aromatic nitrogens is 3. The molecule has 6 rings (SSSR count). The van der Waals surface area contributed by atoms with E-state index in [4.69, 9.17) is 0 Å². The van der Waals surface area contributed by atoms with Gasteiger partial charge in [-0.3, -0.25) is 14.3 Å². The standard InChI is InChI=1S/C20H26N4O4S/c1-11(20-7-12-3-13(8-20)5-14(4-12)9-20)23-29(27,28)15-6-16-17(21-10-15)24(2)19(26)22-18(16)25/h6,10-14,23H,3-5,7-9H2,1-2H3,(H,22,25,26). The first-order valence-electron chi connectivity index (χ1n) is 10.3. The number of rotatable bonds is 4. The van der Waals surface area contributed by atoms with Gasteiger partial charge < -0.3 is 0 Å². The van der Waals surface area contributed by atoms with Gasteiger partial charge in [-0.1, -0.05) is 0 Å². The van der Waals surface area contributed by atoms with Crippen molar-refractivity contribution in [3.05, 3.63) is 33.1 Å². The Kier molecular flexibility index (Phi) is 4.09. The van der Waals surface area contributed by atoms with Crippen LogP contribution in [0.1, 0.15) is 45.4 Å². The molecule has 4 saturated carbocycles. The van der Waals surface area contributed by atoms with Gasteiger partial charge in [-0.25, -0.2) is 22.9 Å². The van der Waals surface area contributed by atoms with Crippen LogP contribution in [0.4, 0.5) is 0 Å². The molecule has 0 spiro atoms. The molecule has 2 aromatic heterocycles. The van der Waals surface area contributed by atoms with Gasteiger partial charge in [-0.05, 0) is 74.7 Å². The molecule has 9 heteroatoms. The molecule has 0 aromatic carbocycles. The van der Waals surface area contributed by atoms with Crippen LogP contribution in [-0.4, -0.2) is 29.0 Å². The molecule has 4 aliphatic carbocycles. The maximum atomic E-state index is 13.1. The third-order valence-electron chi connectivity index (χ3n) is 7.58. The second-order valence-electron chi connectivity index (χ2n) is 9.48. The zero-order valence-corrected chi connectivity index (χ0v) is 17.5. The van der Waals surface area contributed by atoms with Crippen molar-refractivity contribution < 1.29 is 8.42 Å². The summed E-state index contributed by atoms with van der Waals surface area (Å²) in [4.78, 5) is 30.1. The highest BCUT2D eigenvalue weighted by atomic mass is 32.2. The van der Waals surface area contributed by atoms with E-state index >= 15 is 0 Å². The number of hydrogen-bond donors (Lipinski definition) is 2. The molecule has 0 saturated heterocycles. The Balaban J connectivity index is 1.47. The average molecular weight is 419 g/mol. The molecule has 2 N–H and O–H groups in total. The van der Waals surface area contributed by atoms with Gasteiger partial charge in [0.05, 0.1) is 5.39 Å². The van der Waals surface area contributed by atoms with Gasteiger partial charge in [0, 0.05) is 19.3 Å². The molecule has 29 heavy (non-hydrogen) atoms. The van der Waals surface area contributed by atoms with Gasteiger partial charge in [-0.15, -0.1) is 0 Å². The van der Waals surface area contributed by atoms with Gasteiger partial charge >= 0.3 is 5.69 Å². The van der Waals surface area contributed by atoms with Crippen molar-refractivity contribution in [2.45, 2.75) is 56.4 Å². The topological polar surface area (TPSA) is 114 Å². The fraction of sp³-hybridized carbons (Fsp3) is 0.650. The van der Waals surface area contributed by atoms with Gasteiger partial charge in [0.25, 0.3) is 5.56 Å². The molecule has 156 valence electrons. The van der Waals surface area contributed by atoms with Crippen molar-refractivity contribution in [2.75, 3.05) is 0 Å². The van der Waals surface area contributed by atoms with Gasteiger partial charge in [0.15, 0.2) is 0 Å². The summed E-state index contributed by atoms with van der Waals surface area (Å²) in [6.45, 7) is 1.98. The summed E-state index contributed by atoms with van der Waals surface area (Å²) in [5.41, 5.74) is -1.03. The minimum absolute atomic E-state index is 0.0352. The van der Waals surface area contributed by atoms with Gasteiger partial charge in [0.2, 0.25) is 10.0 Å². The van der Waals surface area contributed by atoms with Gasteiger partial charge in [0.1, 0.15) is 10.5 Å². The predicted molar refractivity (Wildman–Crippen MR) is 108 cm³/mol. The number of sulfonamides is 1. The monoisotopic (exact) mass is 418 g/mol. The second kappa shape index (κ2) is 6.25. The third-order valence-corrected chi connectivity index (χ3v) is 9.08. The highest BCUT2D eigenvalue weighted by molar-refractivity contribution is 7.89. The number of nitrogens with one attached hydrogen (secondary N) is 2. The molecule has 0 radical (unpaired) electrons. The van der Waals surface area contributed by atoms with Crippen LogP contribution in [0.3, 0.4) is 0 Å². The lowest BCUT2D eigenvalue weighted by molar-refractivity contribution is -0.0666. The van der Waals surface area contributed by atoms with Crippen LogP contribution in [0.2, 0.25) is 0 Å². The fourth-order valence-electron chi connectivity index (χ4n) is 6.50. The first-order valence-corrected chi connectivity index (χ1v) is 11.8. The quantitative estimate of drug-likeness (QED) is 0.781. The highest BCUT2D eigenvalue weighted by Gasteiger charge is 2.53. The van der Waals surface area contributed by atoms with Crippen molar-refractivity contribution >= 4 is 21.1 Å². The number of H-pyrrole nitrogens is 1. The van der Waals surface area contributed by atoms with E-state index in [1.165, 1.54) is 43.1 Å². The van der Waals surface area contributed by atoms with Crippen LogP contribution >= 0.6 is 0 Å². The van der Waals surface area contributed by atoms with Crippen LogP contribution in [0.5, 0.6) is 0 Å². The molecule has 8 nitrogen and oxygen atoms in total. The number of fused-ring (bicyclic) bond motifs is 1. The zero-order valence-electron chi connectivity index (χ0n) is 16.6. The van der Waals surface area contributed by atoms with E-state index in [1.54, 1.807) is 0 Å². The summed E-state index contributed by atoms with van der Waals surface area (Å²) >= 11 is 0. The lowest BCUT2D eigenvalue weighted by Gasteiger charge is -2.59. The van der Waals surface area contributed by atoms with E-state index in [-0.39, 0.29) is 27.4 Å². The Morgan fingerprint density at radius 3 is 2.34 bits per heavy atom. The lowest BCUT2D eigenvalue weighted by Crippen LogP contribution is -2.55. The summed E-state index contributed by atoms with van der Waals surface area (Å²) in [5, 5.41) is 0.0810. The molecule has 4 fully saturated rings. The lowest BCUT2D eigenvalue weighted by atomic mass is 9.48. The summed E-state index contributed by atoms with van der Waals surface area (Å²) in [6.07, 6.45) is 8.41. The molecule has 1 unspecified atom stereocenters. The minimum Gasteiger partial charge on any atom is -0.281 e. The Hall–Kier alpha value is -2.00. The number of pyridine rings is 1.